The van der Waals surface area contributed by atoms with Crippen molar-refractivity contribution < 1.29 is 13.5 Å². The van der Waals surface area contributed by atoms with Gasteiger partial charge >= 0.3 is 0 Å². The number of sulfone groups is 1. The SMILES string of the molecule is CC(C)/C=C/[C@@]1(O)C[C@@H](C(C)C)[C@H]2[C@@H]1C=CS2(=O)=O. The zero-order chi connectivity index (χ0) is 14.4. The monoisotopic (exact) mass is 284 g/mol. The first-order valence-corrected chi connectivity index (χ1v) is 8.62. The molecule has 3 nitrogen and oxygen atoms in total. The highest BCUT2D eigenvalue weighted by atomic mass is 32.2. The van der Waals surface area contributed by atoms with Gasteiger partial charge in [-0.15, -0.1) is 0 Å². The summed E-state index contributed by atoms with van der Waals surface area (Å²) in [6, 6.07) is 0. The van der Waals surface area contributed by atoms with E-state index in [9.17, 15) is 13.5 Å². The van der Waals surface area contributed by atoms with Crippen molar-refractivity contribution in [2.24, 2.45) is 23.7 Å². The Morgan fingerprint density at radius 2 is 1.95 bits per heavy atom. The topological polar surface area (TPSA) is 54.4 Å². The van der Waals surface area contributed by atoms with Crippen molar-refractivity contribution in [1.29, 1.82) is 0 Å². The van der Waals surface area contributed by atoms with E-state index in [1.165, 1.54) is 5.41 Å². The van der Waals surface area contributed by atoms with E-state index in [1.54, 1.807) is 6.08 Å². The molecule has 1 saturated carbocycles. The number of aliphatic hydroxyl groups is 1. The molecular weight excluding hydrogens is 260 g/mol. The van der Waals surface area contributed by atoms with E-state index < -0.39 is 20.7 Å². The van der Waals surface area contributed by atoms with Gasteiger partial charge in [0.15, 0.2) is 9.84 Å². The first-order chi connectivity index (χ1) is 8.67. The first-order valence-electron chi connectivity index (χ1n) is 7.01. The van der Waals surface area contributed by atoms with Gasteiger partial charge in [0.1, 0.15) is 0 Å². The molecule has 1 fully saturated rings. The minimum absolute atomic E-state index is 0.0202. The van der Waals surface area contributed by atoms with Gasteiger partial charge < -0.3 is 5.11 Å². The predicted octanol–water partition coefficient (Wildman–Crippen LogP) is 2.53. The van der Waals surface area contributed by atoms with Gasteiger partial charge in [-0.1, -0.05) is 45.9 Å². The molecule has 1 aliphatic heterocycles. The second-order valence-electron chi connectivity index (χ2n) is 6.61. The Balaban J connectivity index is 2.38. The number of rotatable bonds is 3. The van der Waals surface area contributed by atoms with Crippen LogP contribution in [0.3, 0.4) is 0 Å². The maximum Gasteiger partial charge on any atom is 0.175 e. The Morgan fingerprint density at radius 3 is 2.47 bits per heavy atom. The van der Waals surface area contributed by atoms with Crippen molar-refractivity contribution >= 4 is 9.84 Å². The Hall–Kier alpha value is -0.610. The summed E-state index contributed by atoms with van der Waals surface area (Å²) in [5, 5.41) is 11.7. The molecule has 0 radical (unpaired) electrons. The molecular formula is C15H24O3S. The lowest BCUT2D eigenvalue weighted by Gasteiger charge is -2.24. The molecule has 2 aliphatic rings. The zero-order valence-corrected chi connectivity index (χ0v) is 12.9. The molecule has 0 aromatic heterocycles. The molecule has 1 heterocycles. The van der Waals surface area contributed by atoms with Crippen LogP contribution < -0.4 is 0 Å². The fourth-order valence-electron chi connectivity index (χ4n) is 3.34. The van der Waals surface area contributed by atoms with Crippen molar-refractivity contribution in [2.75, 3.05) is 0 Å². The van der Waals surface area contributed by atoms with Crippen LogP contribution in [-0.2, 0) is 9.84 Å². The molecule has 0 spiro atoms. The lowest BCUT2D eigenvalue weighted by molar-refractivity contribution is 0.0653. The minimum atomic E-state index is -3.20. The van der Waals surface area contributed by atoms with E-state index in [0.717, 1.165) is 0 Å². The van der Waals surface area contributed by atoms with Crippen molar-refractivity contribution in [3.63, 3.8) is 0 Å². The van der Waals surface area contributed by atoms with Crippen LogP contribution in [0.5, 0.6) is 0 Å². The largest absolute Gasteiger partial charge is 0.385 e. The summed E-state index contributed by atoms with van der Waals surface area (Å²) in [6.07, 6.45) is 6.02. The molecule has 0 saturated heterocycles. The summed E-state index contributed by atoms with van der Waals surface area (Å²) in [5.74, 6) is 0.331. The number of hydrogen-bond donors (Lipinski definition) is 1. The van der Waals surface area contributed by atoms with Crippen LogP contribution >= 0.6 is 0 Å². The molecule has 4 heteroatoms. The average molecular weight is 284 g/mol. The van der Waals surface area contributed by atoms with Crippen molar-refractivity contribution in [1.82, 2.24) is 0 Å². The molecule has 1 N–H and O–H groups in total. The Bertz CT molecular complexity index is 501. The third-order valence-electron chi connectivity index (χ3n) is 4.40. The maximum atomic E-state index is 12.2. The Kier molecular flexibility index (Phi) is 3.69. The molecule has 0 aromatic rings. The van der Waals surface area contributed by atoms with E-state index in [0.29, 0.717) is 12.3 Å². The van der Waals surface area contributed by atoms with E-state index in [2.05, 4.69) is 0 Å². The fraction of sp³-hybridized carbons (Fsp3) is 0.733. The molecule has 0 amide bonds. The van der Waals surface area contributed by atoms with Crippen LogP contribution in [0.15, 0.2) is 23.6 Å². The Morgan fingerprint density at radius 1 is 1.32 bits per heavy atom. The van der Waals surface area contributed by atoms with Gasteiger partial charge in [0.25, 0.3) is 0 Å². The summed E-state index contributed by atoms with van der Waals surface area (Å²) in [6.45, 7) is 8.17. The van der Waals surface area contributed by atoms with E-state index in [4.69, 9.17) is 0 Å². The number of allylic oxidation sites excluding steroid dienone is 1. The number of hydrogen-bond acceptors (Lipinski definition) is 3. The van der Waals surface area contributed by atoms with Crippen molar-refractivity contribution in [2.45, 2.75) is 45.0 Å². The molecule has 4 atom stereocenters. The summed E-state index contributed by atoms with van der Waals surface area (Å²) < 4.78 is 24.3. The first kappa shape index (κ1) is 14.8. The standard InChI is InChI=1S/C15H24O3S/c1-10(2)5-7-15(16)9-12(11(3)4)14-13(15)6-8-19(14,17)18/h5-8,10-14,16H,9H2,1-4H3/b7-5+/t12-,13-,14-,15+/m0/s1. The van der Waals surface area contributed by atoms with Gasteiger partial charge in [-0.05, 0) is 24.2 Å². The van der Waals surface area contributed by atoms with Crippen LogP contribution in [0.4, 0.5) is 0 Å². The summed E-state index contributed by atoms with van der Waals surface area (Å²) >= 11 is 0. The van der Waals surface area contributed by atoms with Gasteiger partial charge in [0.2, 0.25) is 0 Å². The van der Waals surface area contributed by atoms with Gasteiger partial charge in [-0.3, -0.25) is 0 Å². The Labute approximate surface area is 116 Å². The fourth-order valence-corrected chi connectivity index (χ4v) is 5.55. The maximum absolute atomic E-state index is 12.2. The molecule has 1 aliphatic carbocycles. The third-order valence-corrected chi connectivity index (χ3v) is 6.33. The van der Waals surface area contributed by atoms with Crippen LogP contribution in [-0.4, -0.2) is 24.4 Å². The second-order valence-corrected chi connectivity index (χ2v) is 8.61. The third kappa shape index (κ3) is 2.52. The van der Waals surface area contributed by atoms with E-state index in [1.807, 2.05) is 39.8 Å². The highest BCUT2D eigenvalue weighted by Gasteiger charge is 2.57. The van der Waals surface area contributed by atoms with Gasteiger partial charge in [-0.25, -0.2) is 8.42 Å². The summed E-state index contributed by atoms with van der Waals surface area (Å²) in [5.41, 5.74) is -1.01. The molecule has 19 heavy (non-hydrogen) atoms. The molecule has 0 bridgehead atoms. The van der Waals surface area contributed by atoms with Crippen LogP contribution in [0.1, 0.15) is 34.1 Å². The van der Waals surface area contributed by atoms with E-state index >= 15 is 0 Å². The van der Waals surface area contributed by atoms with Gasteiger partial charge in [0, 0.05) is 11.3 Å². The number of fused-ring (bicyclic) bond motifs is 1. The summed E-state index contributed by atoms with van der Waals surface area (Å²) in [4.78, 5) is 0. The quantitative estimate of drug-likeness (QED) is 0.810. The highest BCUT2D eigenvalue weighted by Crippen LogP contribution is 2.51. The lowest BCUT2D eigenvalue weighted by atomic mass is 9.89. The van der Waals surface area contributed by atoms with Crippen molar-refractivity contribution in [3.05, 3.63) is 23.6 Å². The predicted molar refractivity (Wildman–Crippen MR) is 77.2 cm³/mol. The van der Waals surface area contributed by atoms with Crippen molar-refractivity contribution in [3.8, 4) is 0 Å². The minimum Gasteiger partial charge on any atom is -0.385 e. The zero-order valence-electron chi connectivity index (χ0n) is 12.1. The molecule has 108 valence electrons. The van der Waals surface area contributed by atoms with Crippen LogP contribution in [0, 0.1) is 23.7 Å². The normalized spacial score (nSPS) is 40.7. The molecule has 2 rings (SSSR count). The van der Waals surface area contributed by atoms with E-state index in [-0.39, 0.29) is 17.8 Å². The smallest absolute Gasteiger partial charge is 0.175 e. The van der Waals surface area contributed by atoms with Gasteiger partial charge in [-0.2, -0.15) is 0 Å². The average Bonchev–Trinajstić information content (AvgIpc) is 2.75. The second kappa shape index (κ2) is 4.74. The van der Waals surface area contributed by atoms with Crippen LogP contribution in [0.2, 0.25) is 0 Å². The summed E-state index contributed by atoms with van der Waals surface area (Å²) in [7, 11) is -3.20. The van der Waals surface area contributed by atoms with Gasteiger partial charge in [0.05, 0.1) is 10.9 Å². The van der Waals surface area contributed by atoms with Crippen LogP contribution in [0.25, 0.3) is 0 Å². The molecule has 0 unspecified atom stereocenters. The molecule has 0 aromatic carbocycles. The highest BCUT2D eigenvalue weighted by molar-refractivity contribution is 7.95. The lowest BCUT2D eigenvalue weighted by Crippen LogP contribution is -2.34.